The molecule has 0 amide bonds. The Kier molecular flexibility index (Phi) is 3.85. The fourth-order valence-electron chi connectivity index (χ4n) is 1.73. The predicted octanol–water partition coefficient (Wildman–Crippen LogP) is 3.90. The number of anilines is 2. The molecule has 2 aromatic rings. The summed E-state index contributed by atoms with van der Waals surface area (Å²) >= 11 is 3.45. The lowest BCUT2D eigenvalue weighted by atomic mass is 10.2. The standard InChI is InChI=1S/C14H13BrN2O2/c1-8-3-4-11(15)12(5-8)17-13-7-10(14(18)19)6-9(2)16-13/h3-7H,1-2H3,(H,16,17)(H,18,19). The van der Waals surface area contributed by atoms with Crippen molar-refractivity contribution in [3.8, 4) is 0 Å². The van der Waals surface area contributed by atoms with Crippen molar-refractivity contribution in [2.24, 2.45) is 0 Å². The van der Waals surface area contributed by atoms with E-state index in [0.717, 1.165) is 15.7 Å². The normalized spacial score (nSPS) is 10.3. The first-order valence-electron chi connectivity index (χ1n) is 5.71. The van der Waals surface area contributed by atoms with Gasteiger partial charge in [-0.25, -0.2) is 9.78 Å². The summed E-state index contributed by atoms with van der Waals surface area (Å²) in [6.45, 7) is 3.76. The monoisotopic (exact) mass is 320 g/mol. The summed E-state index contributed by atoms with van der Waals surface area (Å²) in [4.78, 5) is 15.3. The summed E-state index contributed by atoms with van der Waals surface area (Å²) in [5.74, 6) is -0.444. The Morgan fingerprint density at radius 1 is 1.26 bits per heavy atom. The predicted molar refractivity (Wildman–Crippen MR) is 78.1 cm³/mol. The fourth-order valence-corrected chi connectivity index (χ4v) is 2.07. The topological polar surface area (TPSA) is 62.2 Å². The van der Waals surface area contributed by atoms with Crippen LogP contribution in [0.15, 0.2) is 34.8 Å². The quantitative estimate of drug-likeness (QED) is 0.900. The number of aromatic nitrogens is 1. The van der Waals surface area contributed by atoms with Crippen molar-refractivity contribution in [2.75, 3.05) is 5.32 Å². The van der Waals surface area contributed by atoms with Gasteiger partial charge in [-0.1, -0.05) is 6.07 Å². The molecule has 2 N–H and O–H groups in total. The van der Waals surface area contributed by atoms with Crippen LogP contribution in [-0.2, 0) is 0 Å². The molecule has 2 rings (SSSR count). The summed E-state index contributed by atoms with van der Waals surface area (Å²) in [5, 5.41) is 12.2. The van der Waals surface area contributed by atoms with Gasteiger partial charge in [-0.3, -0.25) is 0 Å². The van der Waals surface area contributed by atoms with Crippen molar-refractivity contribution < 1.29 is 9.90 Å². The van der Waals surface area contributed by atoms with Crippen LogP contribution in [0.5, 0.6) is 0 Å². The Morgan fingerprint density at radius 2 is 2.00 bits per heavy atom. The zero-order valence-corrected chi connectivity index (χ0v) is 12.2. The fraction of sp³-hybridized carbons (Fsp3) is 0.143. The van der Waals surface area contributed by atoms with E-state index < -0.39 is 5.97 Å². The number of hydrogen-bond donors (Lipinski definition) is 2. The summed E-state index contributed by atoms with van der Waals surface area (Å²) in [6.07, 6.45) is 0. The SMILES string of the molecule is Cc1ccc(Br)c(Nc2cc(C(=O)O)cc(C)n2)c1. The first kappa shape index (κ1) is 13.5. The van der Waals surface area contributed by atoms with Gasteiger partial charge in [0.25, 0.3) is 0 Å². The molecule has 98 valence electrons. The number of carboxylic acids is 1. The van der Waals surface area contributed by atoms with E-state index in [1.165, 1.54) is 6.07 Å². The van der Waals surface area contributed by atoms with Gasteiger partial charge < -0.3 is 10.4 Å². The number of carbonyl (C=O) groups is 1. The van der Waals surface area contributed by atoms with Crippen LogP contribution in [0, 0.1) is 13.8 Å². The molecule has 0 aliphatic rings. The number of nitrogens with zero attached hydrogens (tertiary/aromatic N) is 1. The first-order valence-corrected chi connectivity index (χ1v) is 6.50. The zero-order chi connectivity index (χ0) is 14.0. The van der Waals surface area contributed by atoms with Gasteiger partial charge in [0.15, 0.2) is 0 Å². The van der Waals surface area contributed by atoms with E-state index in [1.54, 1.807) is 13.0 Å². The first-order chi connectivity index (χ1) is 8.95. The molecule has 0 saturated carbocycles. The number of carboxylic acid groups (broad SMARTS) is 1. The minimum Gasteiger partial charge on any atom is -0.478 e. The Balaban J connectivity index is 2.38. The maximum absolute atomic E-state index is 11.0. The molecule has 0 aliphatic carbocycles. The van der Waals surface area contributed by atoms with Crippen LogP contribution in [-0.4, -0.2) is 16.1 Å². The molecule has 19 heavy (non-hydrogen) atoms. The molecule has 0 bridgehead atoms. The van der Waals surface area contributed by atoms with Crippen LogP contribution in [0.4, 0.5) is 11.5 Å². The van der Waals surface area contributed by atoms with E-state index in [1.807, 2.05) is 25.1 Å². The lowest BCUT2D eigenvalue weighted by molar-refractivity contribution is 0.0696. The van der Waals surface area contributed by atoms with Gasteiger partial charge in [0, 0.05) is 10.2 Å². The van der Waals surface area contributed by atoms with E-state index in [9.17, 15) is 4.79 Å². The second-order valence-electron chi connectivity index (χ2n) is 4.30. The summed E-state index contributed by atoms with van der Waals surface area (Å²) in [5.41, 5.74) is 2.84. The number of halogens is 1. The third kappa shape index (κ3) is 3.32. The van der Waals surface area contributed by atoms with Crippen molar-refractivity contribution in [3.63, 3.8) is 0 Å². The molecule has 0 unspecified atom stereocenters. The van der Waals surface area contributed by atoms with Crippen LogP contribution < -0.4 is 5.32 Å². The molecular formula is C14H13BrN2O2. The van der Waals surface area contributed by atoms with E-state index in [4.69, 9.17) is 5.11 Å². The molecule has 4 nitrogen and oxygen atoms in total. The second-order valence-corrected chi connectivity index (χ2v) is 5.15. The van der Waals surface area contributed by atoms with Crippen LogP contribution in [0.2, 0.25) is 0 Å². The number of aromatic carboxylic acids is 1. The second kappa shape index (κ2) is 5.40. The highest BCUT2D eigenvalue weighted by atomic mass is 79.9. The zero-order valence-electron chi connectivity index (χ0n) is 10.6. The minimum absolute atomic E-state index is 0.221. The van der Waals surface area contributed by atoms with E-state index >= 15 is 0 Å². The van der Waals surface area contributed by atoms with E-state index in [2.05, 4.69) is 26.2 Å². The van der Waals surface area contributed by atoms with Gasteiger partial charge in [-0.05, 0) is 59.6 Å². The average molecular weight is 321 g/mol. The Morgan fingerprint density at radius 3 is 2.68 bits per heavy atom. The lowest BCUT2D eigenvalue weighted by Gasteiger charge is -2.10. The number of aryl methyl sites for hydroxylation is 2. The number of rotatable bonds is 3. The Hall–Kier alpha value is -1.88. The van der Waals surface area contributed by atoms with Crippen LogP contribution in [0.25, 0.3) is 0 Å². The highest BCUT2D eigenvalue weighted by Gasteiger charge is 2.08. The molecule has 0 radical (unpaired) electrons. The summed E-state index contributed by atoms with van der Waals surface area (Å²) < 4.78 is 0.901. The van der Waals surface area contributed by atoms with Gasteiger partial charge in [-0.15, -0.1) is 0 Å². The Labute approximate surface area is 119 Å². The van der Waals surface area contributed by atoms with Crippen LogP contribution in [0.3, 0.4) is 0 Å². The van der Waals surface area contributed by atoms with E-state index in [0.29, 0.717) is 11.5 Å². The highest BCUT2D eigenvalue weighted by Crippen LogP contribution is 2.26. The molecule has 0 saturated heterocycles. The molecule has 0 aliphatic heterocycles. The maximum atomic E-state index is 11.0. The van der Waals surface area contributed by atoms with Crippen LogP contribution >= 0.6 is 15.9 Å². The van der Waals surface area contributed by atoms with Gasteiger partial charge >= 0.3 is 5.97 Å². The van der Waals surface area contributed by atoms with Crippen molar-refractivity contribution in [1.82, 2.24) is 4.98 Å². The van der Waals surface area contributed by atoms with E-state index in [-0.39, 0.29) is 5.56 Å². The molecule has 1 heterocycles. The largest absolute Gasteiger partial charge is 0.478 e. The lowest BCUT2D eigenvalue weighted by Crippen LogP contribution is -2.02. The molecule has 1 aromatic heterocycles. The van der Waals surface area contributed by atoms with Crippen molar-refractivity contribution in [3.05, 3.63) is 51.6 Å². The minimum atomic E-state index is -0.961. The molecule has 5 heteroatoms. The maximum Gasteiger partial charge on any atom is 0.335 e. The van der Waals surface area contributed by atoms with Gasteiger partial charge in [0.05, 0.1) is 11.3 Å². The summed E-state index contributed by atoms with van der Waals surface area (Å²) in [7, 11) is 0. The Bertz CT molecular complexity index is 641. The molecule has 0 atom stereocenters. The average Bonchev–Trinajstić information content (AvgIpc) is 2.33. The molecule has 1 aromatic carbocycles. The van der Waals surface area contributed by atoms with Gasteiger partial charge in [-0.2, -0.15) is 0 Å². The third-order valence-electron chi connectivity index (χ3n) is 2.58. The third-order valence-corrected chi connectivity index (χ3v) is 3.28. The van der Waals surface area contributed by atoms with Crippen molar-refractivity contribution in [2.45, 2.75) is 13.8 Å². The van der Waals surface area contributed by atoms with Crippen molar-refractivity contribution in [1.29, 1.82) is 0 Å². The van der Waals surface area contributed by atoms with Crippen molar-refractivity contribution >= 4 is 33.4 Å². The number of benzene rings is 1. The number of nitrogens with one attached hydrogen (secondary N) is 1. The highest BCUT2D eigenvalue weighted by molar-refractivity contribution is 9.10. The smallest absolute Gasteiger partial charge is 0.335 e. The number of pyridine rings is 1. The molecular weight excluding hydrogens is 308 g/mol. The molecule has 0 spiro atoms. The molecule has 0 fully saturated rings. The summed E-state index contributed by atoms with van der Waals surface area (Å²) in [6, 6.07) is 8.95. The van der Waals surface area contributed by atoms with Gasteiger partial charge in [0.2, 0.25) is 0 Å². The number of hydrogen-bond acceptors (Lipinski definition) is 3. The van der Waals surface area contributed by atoms with Gasteiger partial charge in [0.1, 0.15) is 5.82 Å². The van der Waals surface area contributed by atoms with Crippen LogP contribution in [0.1, 0.15) is 21.6 Å².